The molecule has 0 amide bonds. The zero-order chi connectivity index (χ0) is 13.0. The molecule has 0 aliphatic heterocycles. The summed E-state index contributed by atoms with van der Waals surface area (Å²) in [4.78, 5) is 0. The Labute approximate surface area is 105 Å². The van der Waals surface area contributed by atoms with Gasteiger partial charge in [-0.1, -0.05) is 11.6 Å². The molecule has 17 heavy (non-hydrogen) atoms. The first-order valence-corrected chi connectivity index (χ1v) is 5.72. The maximum atomic E-state index is 13.8. The second kappa shape index (κ2) is 5.93. The van der Waals surface area contributed by atoms with Crippen molar-refractivity contribution in [1.82, 2.24) is 0 Å². The van der Waals surface area contributed by atoms with Crippen LogP contribution < -0.4 is 16.8 Å². The minimum atomic E-state index is -0.632. The Morgan fingerprint density at radius 1 is 1.47 bits per heavy atom. The predicted molar refractivity (Wildman–Crippen MR) is 69.8 cm³/mol. The second-order valence-corrected chi connectivity index (χ2v) is 4.14. The molecular formula is C11H17ClFN3O. The van der Waals surface area contributed by atoms with Crippen LogP contribution in [0, 0.1) is 5.82 Å². The smallest absolute Gasteiger partial charge is 0.169 e. The number of hydrogen-bond acceptors (Lipinski definition) is 4. The van der Waals surface area contributed by atoms with Crippen LogP contribution in [0.3, 0.4) is 0 Å². The summed E-state index contributed by atoms with van der Waals surface area (Å²) in [6, 6.07) is 1.35. The Balaban J connectivity index is 2.87. The third-order valence-corrected chi connectivity index (χ3v) is 2.61. The molecule has 0 aromatic heterocycles. The number of ether oxygens (including phenoxy) is 1. The maximum Gasteiger partial charge on any atom is 0.169 e. The number of hydrogen-bond donors (Lipinski definition) is 3. The number of nitrogen functional groups attached to an aromatic ring is 2. The van der Waals surface area contributed by atoms with Gasteiger partial charge in [0.1, 0.15) is 5.02 Å². The van der Waals surface area contributed by atoms with Gasteiger partial charge in [0, 0.05) is 12.6 Å². The van der Waals surface area contributed by atoms with E-state index in [4.69, 9.17) is 27.8 Å². The first-order chi connectivity index (χ1) is 7.97. The molecule has 96 valence electrons. The minimum absolute atomic E-state index is 0.0774. The van der Waals surface area contributed by atoms with Gasteiger partial charge < -0.3 is 21.5 Å². The lowest BCUT2D eigenvalue weighted by Crippen LogP contribution is -2.23. The Morgan fingerprint density at radius 3 is 2.71 bits per heavy atom. The summed E-state index contributed by atoms with van der Waals surface area (Å²) in [6.45, 7) is 4.81. The molecule has 0 heterocycles. The Kier molecular flexibility index (Phi) is 4.84. The van der Waals surface area contributed by atoms with Crippen LogP contribution in [0.5, 0.6) is 0 Å². The zero-order valence-electron chi connectivity index (χ0n) is 9.89. The molecule has 0 aliphatic rings. The standard InChI is InChI=1S/C11H17ClFN3O/c1-3-17-5-6(2)16-11-8(15)4-7(14)9(12)10(11)13/h4,6,16H,3,5,14-15H2,1-2H3. The SMILES string of the molecule is CCOCC(C)Nc1c(N)cc(N)c(Cl)c1F. The summed E-state index contributed by atoms with van der Waals surface area (Å²) in [5.41, 5.74) is 11.7. The average Bonchev–Trinajstić information content (AvgIpc) is 2.29. The lowest BCUT2D eigenvalue weighted by Gasteiger charge is -2.18. The van der Waals surface area contributed by atoms with E-state index in [-0.39, 0.29) is 28.1 Å². The van der Waals surface area contributed by atoms with Gasteiger partial charge in [0.2, 0.25) is 0 Å². The van der Waals surface area contributed by atoms with Crippen molar-refractivity contribution in [3.8, 4) is 0 Å². The molecule has 4 nitrogen and oxygen atoms in total. The summed E-state index contributed by atoms with van der Waals surface area (Å²) >= 11 is 5.72. The van der Waals surface area contributed by atoms with Gasteiger partial charge in [-0.25, -0.2) is 4.39 Å². The number of nitrogens with two attached hydrogens (primary N) is 2. The highest BCUT2D eigenvalue weighted by molar-refractivity contribution is 6.33. The molecule has 1 aromatic rings. The van der Waals surface area contributed by atoms with Crippen molar-refractivity contribution in [2.45, 2.75) is 19.9 Å². The first kappa shape index (κ1) is 13.9. The fourth-order valence-electron chi connectivity index (χ4n) is 1.40. The van der Waals surface area contributed by atoms with Gasteiger partial charge >= 0.3 is 0 Å². The van der Waals surface area contributed by atoms with Crippen LogP contribution in [-0.2, 0) is 4.74 Å². The zero-order valence-corrected chi connectivity index (χ0v) is 10.6. The van der Waals surface area contributed by atoms with Crippen molar-refractivity contribution in [2.24, 2.45) is 0 Å². The molecule has 6 heteroatoms. The lowest BCUT2D eigenvalue weighted by atomic mass is 10.2. The van der Waals surface area contributed by atoms with Crippen LogP contribution in [0.4, 0.5) is 21.5 Å². The molecule has 0 radical (unpaired) electrons. The molecule has 5 N–H and O–H groups in total. The van der Waals surface area contributed by atoms with Gasteiger partial charge in [-0.3, -0.25) is 0 Å². The van der Waals surface area contributed by atoms with E-state index in [0.29, 0.717) is 13.2 Å². The molecular weight excluding hydrogens is 245 g/mol. The highest BCUT2D eigenvalue weighted by atomic mass is 35.5. The Bertz CT molecular complexity index is 401. The monoisotopic (exact) mass is 261 g/mol. The largest absolute Gasteiger partial charge is 0.397 e. The van der Waals surface area contributed by atoms with Crippen molar-refractivity contribution < 1.29 is 9.13 Å². The van der Waals surface area contributed by atoms with Crippen LogP contribution in [0.1, 0.15) is 13.8 Å². The number of halogens is 2. The van der Waals surface area contributed by atoms with E-state index < -0.39 is 5.82 Å². The van der Waals surface area contributed by atoms with Crippen LogP contribution in [0.15, 0.2) is 6.07 Å². The molecule has 0 saturated heterocycles. The van der Waals surface area contributed by atoms with Gasteiger partial charge in [0.05, 0.1) is 23.7 Å². The fourth-order valence-corrected chi connectivity index (χ4v) is 1.54. The van der Waals surface area contributed by atoms with E-state index in [0.717, 1.165) is 0 Å². The van der Waals surface area contributed by atoms with E-state index >= 15 is 0 Å². The molecule has 0 saturated carbocycles. The number of nitrogens with one attached hydrogen (secondary N) is 1. The van der Waals surface area contributed by atoms with Crippen molar-refractivity contribution in [3.05, 3.63) is 16.9 Å². The molecule has 0 aliphatic carbocycles. The van der Waals surface area contributed by atoms with E-state index in [9.17, 15) is 4.39 Å². The third kappa shape index (κ3) is 3.38. The third-order valence-electron chi connectivity index (χ3n) is 2.23. The molecule has 1 unspecified atom stereocenters. The fraction of sp³-hybridized carbons (Fsp3) is 0.455. The topological polar surface area (TPSA) is 73.3 Å². The average molecular weight is 262 g/mol. The quantitative estimate of drug-likeness (QED) is 0.712. The number of rotatable bonds is 5. The summed E-state index contributed by atoms with van der Waals surface area (Å²) in [6.07, 6.45) is 0. The molecule has 1 atom stereocenters. The van der Waals surface area contributed by atoms with Crippen LogP contribution >= 0.6 is 11.6 Å². The van der Waals surface area contributed by atoms with Crippen molar-refractivity contribution in [3.63, 3.8) is 0 Å². The number of anilines is 3. The summed E-state index contributed by atoms with van der Waals surface area (Å²) < 4.78 is 19.0. The molecule has 0 fully saturated rings. The van der Waals surface area contributed by atoms with Crippen LogP contribution in [-0.4, -0.2) is 19.3 Å². The molecule has 0 spiro atoms. The Morgan fingerprint density at radius 2 is 2.12 bits per heavy atom. The van der Waals surface area contributed by atoms with Gasteiger partial charge in [0.25, 0.3) is 0 Å². The van der Waals surface area contributed by atoms with E-state index in [1.54, 1.807) is 0 Å². The minimum Gasteiger partial charge on any atom is -0.397 e. The molecule has 1 aromatic carbocycles. The lowest BCUT2D eigenvalue weighted by molar-refractivity contribution is 0.141. The normalized spacial score (nSPS) is 12.5. The van der Waals surface area contributed by atoms with E-state index in [1.807, 2.05) is 13.8 Å². The first-order valence-electron chi connectivity index (χ1n) is 5.34. The van der Waals surface area contributed by atoms with Crippen LogP contribution in [0.2, 0.25) is 5.02 Å². The summed E-state index contributed by atoms with van der Waals surface area (Å²) in [5, 5.41) is 2.80. The summed E-state index contributed by atoms with van der Waals surface area (Å²) in [5.74, 6) is -0.632. The highest BCUT2D eigenvalue weighted by Crippen LogP contribution is 2.33. The van der Waals surface area contributed by atoms with Crippen molar-refractivity contribution in [1.29, 1.82) is 0 Å². The van der Waals surface area contributed by atoms with E-state index in [1.165, 1.54) is 6.07 Å². The summed E-state index contributed by atoms with van der Waals surface area (Å²) in [7, 11) is 0. The van der Waals surface area contributed by atoms with Gasteiger partial charge in [-0.05, 0) is 19.9 Å². The van der Waals surface area contributed by atoms with Crippen molar-refractivity contribution in [2.75, 3.05) is 30.0 Å². The van der Waals surface area contributed by atoms with Crippen LogP contribution in [0.25, 0.3) is 0 Å². The second-order valence-electron chi connectivity index (χ2n) is 3.76. The van der Waals surface area contributed by atoms with E-state index in [2.05, 4.69) is 5.32 Å². The van der Waals surface area contributed by atoms with Crippen molar-refractivity contribution >= 4 is 28.7 Å². The predicted octanol–water partition coefficient (Wildman–Crippen LogP) is 2.48. The molecule has 0 bridgehead atoms. The highest BCUT2D eigenvalue weighted by Gasteiger charge is 2.15. The maximum absolute atomic E-state index is 13.8. The van der Waals surface area contributed by atoms with Gasteiger partial charge in [-0.2, -0.15) is 0 Å². The number of benzene rings is 1. The molecule has 1 rings (SSSR count). The van der Waals surface area contributed by atoms with Gasteiger partial charge in [0.15, 0.2) is 5.82 Å². The van der Waals surface area contributed by atoms with Gasteiger partial charge in [-0.15, -0.1) is 0 Å². The Hall–Kier alpha value is -1.20.